The second-order valence-corrected chi connectivity index (χ2v) is 9.30. The molecule has 0 radical (unpaired) electrons. The molecule has 1 saturated carbocycles. The Kier molecular flexibility index (Phi) is 4.56. The van der Waals surface area contributed by atoms with Crippen LogP contribution < -0.4 is 0 Å². The van der Waals surface area contributed by atoms with Gasteiger partial charge in [-0.05, 0) is 39.8 Å². The maximum absolute atomic E-state index is 13.5. The molecular weight excluding hydrogens is 355 g/mol. The number of fused-ring (bicyclic) bond motifs is 1. The van der Waals surface area contributed by atoms with Crippen LogP contribution in [0.15, 0.2) is 24.3 Å². The highest BCUT2D eigenvalue weighted by molar-refractivity contribution is 7.56. The molecule has 1 heterocycles. The maximum atomic E-state index is 13.5. The van der Waals surface area contributed by atoms with Crippen LogP contribution in [0.2, 0.25) is 0 Å². The van der Waals surface area contributed by atoms with Gasteiger partial charge in [0.25, 0.3) is 11.8 Å². The molecule has 1 fully saturated rings. The van der Waals surface area contributed by atoms with E-state index < -0.39 is 42.8 Å². The van der Waals surface area contributed by atoms with Crippen LogP contribution in [-0.4, -0.2) is 40.1 Å². The third-order valence-electron chi connectivity index (χ3n) is 4.41. The Balaban J connectivity index is 1.97. The van der Waals surface area contributed by atoms with Crippen molar-refractivity contribution in [1.29, 1.82) is 5.26 Å². The molecule has 8 heteroatoms. The highest BCUT2D eigenvalue weighted by atomic mass is 31.2. The summed E-state index contributed by atoms with van der Waals surface area (Å²) in [6.45, 7) is 6.78. The number of carbonyl (C=O) groups excluding carboxylic acids is 2. The Morgan fingerprint density at radius 2 is 1.58 bits per heavy atom. The highest BCUT2D eigenvalue weighted by Gasteiger charge is 2.74. The standard InChI is InChI=1S/C18H21N2O5P/c1-11(2)24-26(23,25-12(3)4)18(10-19)9-15(18)20-16(21)13-7-5-6-8-14(13)17(20)22/h5-8,11-12,15H,9H2,1-4H3/t15-,18+/m0/s1. The summed E-state index contributed by atoms with van der Waals surface area (Å²) < 4.78 is 24.6. The minimum atomic E-state index is -3.89. The van der Waals surface area contributed by atoms with Crippen molar-refractivity contribution in [2.45, 2.75) is 57.5 Å². The predicted octanol–water partition coefficient (Wildman–Crippen LogP) is 3.36. The quantitative estimate of drug-likeness (QED) is 0.558. The number of nitrogens with zero attached hydrogens (tertiary/aromatic N) is 2. The van der Waals surface area contributed by atoms with Crippen molar-refractivity contribution in [2.24, 2.45) is 0 Å². The van der Waals surface area contributed by atoms with Crippen molar-refractivity contribution in [2.75, 3.05) is 0 Å². The Hall–Kier alpha value is -2.00. The summed E-state index contributed by atoms with van der Waals surface area (Å²) in [5.41, 5.74) is 0.584. The number of imide groups is 1. The molecule has 3 rings (SSSR count). The first kappa shape index (κ1) is 18.8. The van der Waals surface area contributed by atoms with E-state index in [0.717, 1.165) is 4.90 Å². The fourth-order valence-electron chi connectivity index (χ4n) is 3.28. The van der Waals surface area contributed by atoms with Crippen LogP contribution in [0.4, 0.5) is 0 Å². The average molecular weight is 376 g/mol. The molecule has 1 aliphatic heterocycles. The van der Waals surface area contributed by atoms with E-state index in [1.807, 2.05) is 6.07 Å². The van der Waals surface area contributed by atoms with Gasteiger partial charge in [-0.25, -0.2) is 0 Å². The molecule has 1 aromatic carbocycles. The van der Waals surface area contributed by atoms with Gasteiger partial charge in [0.2, 0.25) is 0 Å². The minimum absolute atomic E-state index is 0.0751. The lowest BCUT2D eigenvalue weighted by molar-refractivity contribution is 0.0636. The van der Waals surface area contributed by atoms with Crippen molar-refractivity contribution < 1.29 is 23.2 Å². The molecule has 2 amide bonds. The van der Waals surface area contributed by atoms with Crippen LogP contribution in [0.5, 0.6) is 0 Å². The van der Waals surface area contributed by atoms with Gasteiger partial charge < -0.3 is 9.05 Å². The second-order valence-electron chi connectivity index (χ2n) is 7.09. The van der Waals surface area contributed by atoms with Crippen molar-refractivity contribution >= 4 is 19.4 Å². The first-order valence-electron chi connectivity index (χ1n) is 8.52. The first-order valence-corrected chi connectivity index (χ1v) is 10.1. The molecule has 2 aliphatic rings. The van der Waals surface area contributed by atoms with E-state index in [2.05, 4.69) is 0 Å². The average Bonchev–Trinajstić information content (AvgIpc) is 3.24. The molecule has 138 valence electrons. The van der Waals surface area contributed by atoms with E-state index in [-0.39, 0.29) is 6.42 Å². The van der Waals surface area contributed by atoms with Gasteiger partial charge >= 0.3 is 7.60 Å². The van der Waals surface area contributed by atoms with Crippen LogP contribution in [0.1, 0.15) is 54.8 Å². The largest absolute Gasteiger partial charge is 0.353 e. The number of hydrogen-bond acceptors (Lipinski definition) is 6. The van der Waals surface area contributed by atoms with Crippen LogP contribution in [0.3, 0.4) is 0 Å². The summed E-state index contributed by atoms with van der Waals surface area (Å²) in [5.74, 6) is -0.957. The second kappa shape index (κ2) is 6.31. The zero-order chi connectivity index (χ0) is 19.3. The van der Waals surface area contributed by atoms with E-state index in [0.29, 0.717) is 11.1 Å². The van der Waals surface area contributed by atoms with Gasteiger partial charge in [-0.2, -0.15) is 5.26 Å². The predicted molar refractivity (Wildman–Crippen MR) is 93.7 cm³/mol. The smallest absolute Gasteiger partial charge is 0.305 e. The first-order chi connectivity index (χ1) is 12.2. The summed E-state index contributed by atoms with van der Waals surface area (Å²) in [7, 11) is -3.89. The van der Waals surface area contributed by atoms with Crippen LogP contribution in [-0.2, 0) is 13.6 Å². The minimum Gasteiger partial charge on any atom is -0.305 e. The molecule has 0 N–H and O–H groups in total. The molecule has 0 aromatic heterocycles. The number of benzene rings is 1. The summed E-state index contributed by atoms with van der Waals surface area (Å²) >= 11 is 0. The third-order valence-corrected chi connectivity index (χ3v) is 7.37. The SMILES string of the molecule is CC(C)OP(=O)(OC(C)C)[C@@]1(C#N)C[C@@H]1N1C(=O)c2ccccc2C1=O. The van der Waals surface area contributed by atoms with E-state index in [1.165, 1.54) is 0 Å². The van der Waals surface area contributed by atoms with Crippen molar-refractivity contribution in [3.8, 4) is 6.07 Å². The van der Waals surface area contributed by atoms with Crippen LogP contribution >= 0.6 is 7.60 Å². The molecule has 1 aliphatic carbocycles. The fourth-order valence-corrected chi connectivity index (χ4v) is 5.81. The summed E-state index contributed by atoms with van der Waals surface area (Å²) in [6.07, 6.45) is -0.799. The van der Waals surface area contributed by atoms with E-state index in [4.69, 9.17) is 9.05 Å². The van der Waals surface area contributed by atoms with Crippen molar-refractivity contribution in [3.05, 3.63) is 35.4 Å². The number of amides is 2. The van der Waals surface area contributed by atoms with Gasteiger partial charge in [-0.15, -0.1) is 0 Å². The molecule has 0 spiro atoms. The molecule has 2 atom stereocenters. The van der Waals surface area contributed by atoms with Crippen molar-refractivity contribution in [1.82, 2.24) is 4.90 Å². The molecule has 0 saturated heterocycles. The van der Waals surface area contributed by atoms with E-state index in [9.17, 15) is 19.4 Å². The summed E-state index contributed by atoms with van der Waals surface area (Å²) in [4.78, 5) is 26.4. The fraction of sp³-hybridized carbons (Fsp3) is 0.500. The normalized spacial score (nSPS) is 25.0. The van der Waals surface area contributed by atoms with Crippen molar-refractivity contribution in [3.63, 3.8) is 0 Å². The van der Waals surface area contributed by atoms with E-state index in [1.54, 1.807) is 52.0 Å². The van der Waals surface area contributed by atoms with E-state index >= 15 is 0 Å². The Morgan fingerprint density at radius 3 is 1.96 bits per heavy atom. The number of rotatable bonds is 6. The molecule has 7 nitrogen and oxygen atoms in total. The Bertz CT molecular complexity index is 810. The van der Waals surface area contributed by atoms with Gasteiger partial charge in [-0.3, -0.25) is 19.1 Å². The molecule has 0 unspecified atom stereocenters. The van der Waals surface area contributed by atoms with Gasteiger partial charge in [-0.1, -0.05) is 12.1 Å². The number of hydrogen-bond donors (Lipinski definition) is 0. The van der Waals surface area contributed by atoms with Crippen LogP contribution in [0.25, 0.3) is 0 Å². The molecule has 26 heavy (non-hydrogen) atoms. The molecular formula is C18H21N2O5P. The summed E-state index contributed by atoms with van der Waals surface area (Å²) in [6, 6.07) is 7.70. The third kappa shape index (κ3) is 2.69. The highest BCUT2D eigenvalue weighted by Crippen LogP contribution is 2.73. The molecule has 0 bridgehead atoms. The monoisotopic (exact) mass is 376 g/mol. The molecule has 1 aromatic rings. The van der Waals surface area contributed by atoms with Gasteiger partial charge in [0.05, 0.1) is 35.4 Å². The number of carbonyl (C=O) groups is 2. The van der Waals surface area contributed by atoms with Gasteiger partial charge in [0.1, 0.15) is 0 Å². The Morgan fingerprint density at radius 1 is 1.12 bits per heavy atom. The van der Waals surface area contributed by atoms with Gasteiger partial charge in [0.15, 0.2) is 5.16 Å². The Labute approximate surface area is 152 Å². The van der Waals surface area contributed by atoms with Crippen LogP contribution in [0, 0.1) is 11.3 Å². The zero-order valence-electron chi connectivity index (χ0n) is 15.1. The lowest BCUT2D eigenvalue weighted by Crippen LogP contribution is -2.37. The maximum Gasteiger partial charge on any atom is 0.353 e. The zero-order valence-corrected chi connectivity index (χ0v) is 16.0. The lowest BCUT2D eigenvalue weighted by Gasteiger charge is -2.28. The summed E-state index contributed by atoms with van der Waals surface area (Å²) in [5, 5.41) is 8.27. The lowest BCUT2D eigenvalue weighted by atomic mass is 10.1. The topological polar surface area (TPSA) is 96.7 Å². The van der Waals surface area contributed by atoms with Gasteiger partial charge in [0, 0.05) is 6.42 Å². The number of nitriles is 1.